The van der Waals surface area contributed by atoms with Gasteiger partial charge in [-0.25, -0.2) is 4.68 Å². The summed E-state index contributed by atoms with van der Waals surface area (Å²) in [4.78, 5) is 0. The normalized spacial score (nSPS) is 10.9. The monoisotopic (exact) mass is 222 g/mol. The summed E-state index contributed by atoms with van der Waals surface area (Å²) in [5.74, 6) is 0. The van der Waals surface area contributed by atoms with E-state index in [2.05, 4.69) is 55.5 Å². The predicted molar refractivity (Wildman–Crippen MR) is 70.5 cm³/mol. The molecule has 0 unspecified atom stereocenters. The molecule has 0 atom stereocenters. The van der Waals surface area contributed by atoms with Crippen LogP contribution in [0.4, 0.5) is 0 Å². The van der Waals surface area contributed by atoms with E-state index < -0.39 is 0 Å². The average molecular weight is 222 g/mol. The fourth-order valence-corrected chi connectivity index (χ4v) is 2.13. The maximum absolute atomic E-state index is 4.66. The van der Waals surface area contributed by atoms with E-state index >= 15 is 0 Å². The minimum atomic E-state index is 1.08. The second kappa shape index (κ2) is 3.74. The van der Waals surface area contributed by atoms with Crippen molar-refractivity contribution in [1.82, 2.24) is 9.78 Å². The largest absolute Gasteiger partial charge is 0.239 e. The van der Waals surface area contributed by atoms with Gasteiger partial charge in [0.1, 0.15) is 0 Å². The molecule has 2 heteroatoms. The molecular formula is C15H14N2. The van der Waals surface area contributed by atoms with Crippen LogP contribution < -0.4 is 0 Å². The molecule has 2 nitrogen and oxygen atoms in total. The Hall–Kier alpha value is -2.09. The number of aromatic nitrogens is 2. The number of rotatable bonds is 1. The van der Waals surface area contributed by atoms with Crippen LogP contribution in [0, 0.1) is 13.8 Å². The van der Waals surface area contributed by atoms with Crippen molar-refractivity contribution >= 4 is 10.9 Å². The van der Waals surface area contributed by atoms with Crippen LogP contribution in [0.25, 0.3) is 16.6 Å². The minimum absolute atomic E-state index is 1.08. The van der Waals surface area contributed by atoms with E-state index in [4.69, 9.17) is 0 Å². The van der Waals surface area contributed by atoms with Crippen LogP contribution in [0.5, 0.6) is 0 Å². The summed E-state index contributed by atoms with van der Waals surface area (Å²) in [6.45, 7) is 4.20. The van der Waals surface area contributed by atoms with Gasteiger partial charge in [0, 0.05) is 11.6 Å². The highest BCUT2D eigenvalue weighted by atomic mass is 15.3. The number of nitrogens with zero attached hydrogens (tertiary/aromatic N) is 2. The topological polar surface area (TPSA) is 17.8 Å². The van der Waals surface area contributed by atoms with E-state index in [-0.39, 0.29) is 0 Å². The Morgan fingerprint density at radius 1 is 0.882 bits per heavy atom. The van der Waals surface area contributed by atoms with E-state index in [9.17, 15) is 0 Å². The SMILES string of the molecule is Cc1ccccc1-n1cc2cccc(C)c2n1. The molecule has 0 aliphatic heterocycles. The lowest BCUT2D eigenvalue weighted by atomic mass is 10.2. The molecule has 3 aromatic rings. The van der Waals surface area contributed by atoms with Crippen molar-refractivity contribution in [2.24, 2.45) is 0 Å². The predicted octanol–water partition coefficient (Wildman–Crippen LogP) is 3.64. The Morgan fingerprint density at radius 2 is 1.65 bits per heavy atom. The van der Waals surface area contributed by atoms with Crippen LogP contribution in [0.1, 0.15) is 11.1 Å². The third-order valence-corrected chi connectivity index (χ3v) is 3.10. The summed E-state index contributed by atoms with van der Waals surface area (Å²) < 4.78 is 1.97. The Bertz CT molecular complexity index is 680. The second-order valence-electron chi connectivity index (χ2n) is 4.37. The van der Waals surface area contributed by atoms with Gasteiger partial charge in [-0.15, -0.1) is 0 Å². The molecular weight excluding hydrogens is 208 g/mol. The van der Waals surface area contributed by atoms with Crippen LogP contribution in [0.15, 0.2) is 48.7 Å². The molecule has 2 aromatic carbocycles. The van der Waals surface area contributed by atoms with Gasteiger partial charge in [0.25, 0.3) is 0 Å². The molecule has 17 heavy (non-hydrogen) atoms. The van der Waals surface area contributed by atoms with Crippen molar-refractivity contribution in [3.63, 3.8) is 0 Å². The number of para-hydroxylation sites is 1. The molecule has 0 radical (unpaired) electrons. The number of hydrogen-bond acceptors (Lipinski definition) is 1. The maximum Gasteiger partial charge on any atom is 0.0956 e. The van der Waals surface area contributed by atoms with E-state index in [1.165, 1.54) is 16.5 Å². The van der Waals surface area contributed by atoms with Gasteiger partial charge in [-0.3, -0.25) is 0 Å². The summed E-state index contributed by atoms with van der Waals surface area (Å²) in [6.07, 6.45) is 2.09. The van der Waals surface area contributed by atoms with E-state index in [0.29, 0.717) is 0 Å². The van der Waals surface area contributed by atoms with Gasteiger partial charge >= 0.3 is 0 Å². The number of fused-ring (bicyclic) bond motifs is 1. The fourth-order valence-electron chi connectivity index (χ4n) is 2.13. The molecule has 0 N–H and O–H groups in total. The van der Waals surface area contributed by atoms with Crippen molar-refractivity contribution in [3.8, 4) is 5.69 Å². The first-order chi connectivity index (χ1) is 8.25. The maximum atomic E-state index is 4.66. The van der Waals surface area contributed by atoms with Gasteiger partial charge in [0.15, 0.2) is 0 Å². The summed E-state index contributed by atoms with van der Waals surface area (Å²) in [5, 5.41) is 5.85. The summed E-state index contributed by atoms with van der Waals surface area (Å²) >= 11 is 0. The lowest BCUT2D eigenvalue weighted by Gasteiger charge is -2.04. The van der Waals surface area contributed by atoms with Crippen LogP contribution in [-0.4, -0.2) is 9.78 Å². The van der Waals surface area contributed by atoms with E-state index in [1.54, 1.807) is 0 Å². The van der Waals surface area contributed by atoms with Crippen LogP contribution in [0.3, 0.4) is 0 Å². The number of hydrogen-bond donors (Lipinski definition) is 0. The fraction of sp³-hybridized carbons (Fsp3) is 0.133. The molecule has 0 saturated carbocycles. The zero-order valence-electron chi connectivity index (χ0n) is 10.0. The molecule has 0 bridgehead atoms. The Morgan fingerprint density at radius 3 is 2.41 bits per heavy atom. The van der Waals surface area contributed by atoms with Crippen molar-refractivity contribution in [2.45, 2.75) is 13.8 Å². The number of benzene rings is 2. The van der Waals surface area contributed by atoms with E-state index in [0.717, 1.165) is 11.2 Å². The van der Waals surface area contributed by atoms with Gasteiger partial charge in [-0.1, -0.05) is 36.4 Å². The minimum Gasteiger partial charge on any atom is -0.239 e. The summed E-state index contributed by atoms with van der Waals surface area (Å²) in [6, 6.07) is 14.6. The van der Waals surface area contributed by atoms with Gasteiger partial charge in [0.05, 0.1) is 11.2 Å². The zero-order valence-corrected chi connectivity index (χ0v) is 10.0. The molecule has 0 aliphatic rings. The third kappa shape index (κ3) is 1.62. The average Bonchev–Trinajstić information content (AvgIpc) is 2.75. The Balaban J connectivity index is 2.26. The molecule has 0 fully saturated rings. The molecule has 0 aliphatic carbocycles. The smallest absolute Gasteiger partial charge is 0.0956 e. The molecule has 0 saturated heterocycles. The highest BCUT2D eigenvalue weighted by Gasteiger charge is 2.05. The van der Waals surface area contributed by atoms with Crippen molar-refractivity contribution < 1.29 is 0 Å². The lowest BCUT2D eigenvalue weighted by molar-refractivity contribution is 0.886. The summed E-state index contributed by atoms with van der Waals surface area (Å²) in [5.41, 5.74) is 4.67. The number of aryl methyl sites for hydroxylation is 2. The second-order valence-corrected chi connectivity index (χ2v) is 4.37. The molecule has 1 heterocycles. The van der Waals surface area contributed by atoms with Gasteiger partial charge in [0.2, 0.25) is 0 Å². The third-order valence-electron chi connectivity index (χ3n) is 3.10. The Kier molecular flexibility index (Phi) is 2.22. The van der Waals surface area contributed by atoms with Gasteiger partial charge in [-0.2, -0.15) is 5.10 Å². The van der Waals surface area contributed by atoms with Crippen LogP contribution in [0.2, 0.25) is 0 Å². The molecule has 84 valence electrons. The zero-order chi connectivity index (χ0) is 11.8. The molecule has 1 aromatic heterocycles. The molecule has 3 rings (SSSR count). The van der Waals surface area contributed by atoms with Crippen molar-refractivity contribution in [1.29, 1.82) is 0 Å². The standard InChI is InChI=1S/C15H14N2/c1-11-6-3-4-9-14(11)17-10-13-8-5-7-12(2)15(13)16-17/h3-10H,1-2H3. The lowest BCUT2D eigenvalue weighted by Crippen LogP contribution is -1.96. The molecule has 0 amide bonds. The Labute approximate surface area is 101 Å². The van der Waals surface area contributed by atoms with Crippen LogP contribution >= 0.6 is 0 Å². The van der Waals surface area contributed by atoms with Crippen molar-refractivity contribution in [2.75, 3.05) is 0 Å². The van der Waals surface area contributed by atoms with Crippen LogP contribution in [-0.2, 0) is 0 Å². The van der Waals surface area contributed by atoms with Gasteiger partial charge < -0.3 is 0 Å². The first-order valence-electron chi connectivity index (χ1n) is 5.77. The van der Waals surface area contributed by atoms with E-state index in [1.807, 2.05) is 16.8 Å². The highest BCUT2D eigenvalue weighted by Crippen LogP contribution is 2.20. The van der Waals surface area contributed by atoms with Gasteiger partial charge in [-0.05, 0) is 31.0 Å². The van der Waals surface area contributed by atoms with Crippen molar-refractivity contribution in [3.05, 3.63) is 59.8 Å². The first-order valence-corrected chi connectivity index (χ1v) is 5.77. The molecule has 0 spiro atoms. The summed E-state index contributed by atoms with van der Waals surface area (Å²) in [7, 11) is 0. The quantitative estimate of drug-likeness (QED) is 0.614. The highest BCUT2D eigenvalue weighted by molar-refractivity contribution is 5.81. The first kappa shape index (κ1) is 10.1.